The molecule has 4 heterocycles. The molecule has 1 amide bonds. The molecule has 0 spiro atoms. The summed E-state index contributed by atoms with van der Waals surface area (Å²) in [5, 5.41) is 4.85. The fourth-order valence-corrected chi connectivity index (χ4v) is 5.60. The lowest BCUT2D eigenvalue weighted by atomic mass is 9.92. The minimum absolute atomic E-state index is 0.0142. The number of fused-ring (bicyclic) bond motifs is 2. The Balaban J connectivity index is 1.07. The van der Waals surface area contributed by atoms with Crippen LogP contribution in [0.15, 0.2) is 29.1 Å². The van der Waals surface area contributed by atoms with E-state index in [0.29, 0.717) is 31.6 Å². The maximum absolute atomic E-state index is 12.5. The third kappa shape index (κ3) is 4.63. The van der Waals surface area contributed by atoms with Crippen LogP contribution >= 0.6 is 0 Å². The summed E-state index contributed by atoms with van der Waals surface area (Å²) in [6.07, 6.45) is 5.14. The Morgan fingerprint density at radius 1 is 1.08 bits per heavy atom. The topological polar surface area (TPSA) is 88.4 Å². The summed E-state index contributed by atoms with van der Waals surface area (Å²) in [5.41, 5.74) is 4.90. The van der Waals surface area contributed by atoms with Crippen LogP contribution in [0.4, 0.5) is 10.5 Å². The molecule has 0 unspecified atom stereocenters. The van der Waals surface area contributed by atoms with E-state index in [1.165, 1.54) is 5.69 Å². The highest BCUT2D eigenvalue weighted by Crippen LogP contribution is 2.37. The van der Waals surface area contributed by atoms with Crippen LogP contribution in [-0.4, -0.2) is 55.6 Å². The van der Waals surface area contributed by atoms with E-state index in [1.807, 2.05) is 31.4 Å². The molecule has 2 fully saturated rings. The summed E-state index contributed by atoms with van der Waals surface area (Å²) in [5.74, 6) is 0.598. The van der Waals surface area contributed by atoms with Crippen molar-refractivity contribution in [1.29, 1.82) is 0 Å². The van der Waals surface area contributed by atoms with Crippen molar-refractivity contribution in [1.82, 2.24) is 24.2 Å². The molecule has 2 aromatic heterocycles. The van der Waals surface area contributed by atoms with Gasteiger partial charge in [0.25, 0.3) is 0 Å². The van der Waals surface area contributed by atoms with Crippen molar-refractivity contribution >= 4 is 22.8 Å². The third-order valence-electron chi connectivity index (χ3n) is 7.59. The normalized spacial score (nSPS) is 19.1. The molecule has 1 aromatic carbocycles. The van der Waals surface area contributed by atoms with Crippen molar-refractivity contribution < 1.29 is 9.53 Å². The monoisotopic (exact) mass is 492 g/mol. The molecule has 1 saturated heterocycles. The van der Waals surface area contributed by atoms with Crippen LogP contribution in [0.2, 0.25) is 0 Å². The molecule has 192 valence electrons. The fourth-order valence-electron chi connectivity index (χ4n) is 5.60. The molecule has 36 heavy (non-hydrogen) atoms. The Bertz CT molecular complexity index is 1330. The zero-order valence-electron chi connectivity index (χ0n) is 21.5. The predicted octanol–water partition coefficient (Wildman–Crippen LogP) is 4.07. The lowest BCUT2D eigenvalue weighted by molar-refractivity contribution is 0.0194. The number of anilines is 1. The van der Waals surface area contributed by atoms with Gasteiger partial charge >= 0.3 is 11.8 Å². The maximum Gasteiger partial charge on any atom is 0.410 e. The average molecular weight is 493 g/mol. The largest absolute Gasteiger partial charge is 0.444 e. The number of piperidine rings is 1. The van der Waals surface area contributed by atoms with E-state index in [1.54, 1.807) is 4.90 Å². The Kier molecular flexibility index (Phi) is 5.61. The first-order valence-electron chi connectivity index (χ1n) is 13.3. The van der Waals surface area contributed by atoms with Crippen LogP contribution in [0.3, 0.4) is 0 Å². The van der Waals surface area contributed by atoms with Crippen LogP contribution in [-0.2, 0) is 24.2 Å². The molecule has 6 rings (SSSR count). The summed E-state index contributed by atoms with van der Waals surface area (Å²) >= 11 is 0. The number of hydrogen-bond acceptors (Lipinski definition) is 5. The standard InChI is InChI=1S/C27H36N6O3/c1-27(2,3)36-26(35)31-12-13-32-22(17-31)15-19(29-32)14-18-8-10-30(11-9-18)21-6-7-23-24(16-21)33(20-4-5-20)25(34)28-23/h6-7,15-16,18,20H,4-5,8-14,17H2,1-3H3,(H,28,34). The second-order valence-electron chi connectivity index (χ2n) is 11.6. The van der Waals surface area contributed by atoms with Gasteiger partial charge in [-0.3, -0.25) is 9.25 Å². The van der Waals surface area contributed by atoms with Crippen molar-refractivity contribution in [3.05, 3.63) is 46.1 Å². The highest BCUT2D eigenvalue weighted by molar-refractivity contribution is 5.80. The van der Waals surface area contributed by atoms with Crippen molar-refractivity contribution in [2.75, 3.05) is 24.5 Å². The maximum atomic E-state index is 12.5. The van der Waals surface area contributed by atoms with E-state index in [9.17, 15) is 9.59 Å². The molecular formula is C27H36N6O3. The Labute approximate surface area is 211 Å². The second kappa shape index (κ2) is 8.71. The van der Waals surface area contributed by atoms with Crippen LogP contribution < -0.4 is 10.6 Å². The second-order valence-corrected chi connectivity index (χ2v) is 11.6. The molecule has 1 N–H and O–H groups in total. The molecule has 3 aliphatic rings. The fraction of sp³-hybridized carbons (Fsp3) is 0.593. The van der Waals surface area contributed by atoms with Crippen LogP contribution in [0.1, 0.15) is 63.9 Å². The molecule has 1 saturated carbocycles. The van der Waals surface area contributed by atoms with E-state index in [2.05, 4.69) is 32.8 Å². The highest BCUT2D eigenvalue weighted by atomic mass is 16.6. The van der Waals surface area contributed by atoms with Crippen LogP contribution in [0.25, 0.3) is 11.0 Å². The van der Waals surface area contributed by atoms with Gasteiger partial charge in [0.15, 0.2) is 0 Å². The SMILES string of the molecule is CC(C)(C)OC(=O)N1CCn2nc(CC3CCN(c4ccc5[nH]c(=O)n(C6CC6)c5c4)CC3)cc2C1. The van der Waals surface area contributed by atoms with E-state index in [4.69, 9.17) is 9.84 Å². The first-order valence-corrected chi connectivity index (χ1v) is 13.3. The van der Waals surface area contributed by atoms with Gasteiger partial charge in [-0.2, -0.15) is 5.10 Å². The zero-order valence-corrected chi connectivity index (χ0v) is 21.5. The lowest BCUT2D eigenvalue weighted by Gasteiger charge is -2.33. The zero-order chi connectivity index (χ0) is 25.0. The molecule has 3 aromatic rings. The number of nitrogens with zero attached hydrogens (tertiary/aromatic N) is 5. The quantitative estimate of drug-likeness (QED) is 0.593. The summed E-state index contributed by atoms with van der Waals surface area (Å²) in [4.78, 5) is 32.1. The predicted molar refractivity (Wildman–Crippen MR) is 138 cm³/mol. The summed E-state index contributed by atoms with van der Waals surface area (Å²) in [7, 11) is 0. The minimum Gasteiger partial charge on any atom is -0.444 e. The Morgan fingerprint density at radius 3 is 2.58 bits per heavy atom. The number of rotatable bonds is 4. The van der Waals surface area contributed by atoms with E-state index >= 15 is 0 Å². The number of imidazole rings is 1. The van der Waals surface area contributed by atoms with Gasteiger partial charge in [-0.15, -0.1) is 0 Å². The third-order valence-corrected chi connectivity index (χ3v) is 7.59. The number of H-pyrrole nitrogens is 1. The van der Waals surface area contributed by atoms with E-state index in [-0.39, 0.29) is 11.8 Å². The molecule has 1 aliphatic carbocycles. The minimum atomic E-state index is -0.487. The van der Waals surface area contributed by atoms with E-state index < -0.39 is 5.60 Å². The van der Waals surface area contributed by atoms with Crippen LogP contribution in [0.5, 0.6) is 0 Å². The first-order chi connectivity index (χ1) is 17.2. The number of carbonyl (C=O) groups is 1. The first kappa shape index (κ1) is 23.2. The average Bonchev–Trinajstić information content (AvgIpc) is 3.49. The molecule has 0 atom stereocenters. The van der Waals surface area contributed by atoms with Gasteiger partial charge in [0.05, 0.1) is 35.5 Å². The Hall–Kier alpha value is -3.23. The number of nitrogens with one attached hydrogen (secondary N) is 1. The number of ether oxygens (including phenoxy) is 1. The van der Waals surface area contributed by atoms with Crippen molar-refractivity contribution in [2.45, 2.75) is 77.6 Å². The van der Waals surface area contributed by atoms with Gasteiger partial charge in [0, 0.05) is 31.4 Å². The molecule has 0 radical (unpaired) electrons. The number of aromatic amines is 1. The number of hydrogen-bond donors (Lipinski definition) is 1. The van der Waals surface area contributed by atoms with Crippen LogP contribution in [0, 0.1) is 5.92 Å². The molecular weight excluding hydrogens is 456 g/mol. The highest BCUT2D eigenvalue weighted by Gasteiger charge is 2.29. The summed E-state index contributed by atoms with van der Waals surface area (Å²) < 4.78 is 9.54. The number of benzene rings is 1. The lowest BCUT2D eigenvalue weighted by Crippen LogP contribution is -2.41. The van der Waals surface area contributed by atoms with Gasteiger partial charge in [-0.1, -0.05) is 0 Å². The Morgan fingerprint density at radius 2 is 1.86 bits per heavy atom. The molecule has 9 heteroatoms. The van der Waals surface area contributed by atoms with Crippen molar-refractivity contribution in [2.24, 2.45) is 5.92 Å². The van der Waals surface area contributed by atoms with Gasteiger partial charge in [0.2, 0.25) is 0 Å². The smallest absolute Gasteiger partial charge is 0.410 e. The van der Waals surface area contributed by atoms with Gasteiger partial charge < -0.3 is 19.5 Å². The van der Waals surface area contributed by atoms with Gasteiger partial charge in [0.1, 0.15) is 5.60 Å². The molecule has 2 aliphatic heterocycles. The summed E-state index contributed by atoms with van der Waals surface area (Å²) in [6, 6.07) is 8.90. The number of carbonyl (C=O) groups excluding carboxylic acids is 1. The van der Waals surface area contributed by atoms with Crippen molar-refractivity contribution in [3.8, 4) is 0 Å². The van der Waals surface area contributed by atoms with Gasteiger partial charge in [-0.25, -0.2) is 9.59 Å². The number of aromatic nitrogens is 4. The summed E-state index contributed by atoms with van der Waals surface area (Å²) in [6.45, 7) is 9.59. The van der Waals surface area contributed by atoms with E-state index in [0.717, 1.165) is 67.6 Å². The molecule has 9 nitrogen and oxygen atoms in total. The number of amides is 1. The van der Waals surface area contributed by atoms with Gasteiger partial charge in [-0.05, 0) is 83.1 Å². The molecule has 0 bridgehead atoms. The van der Waals surface area contributed by atoms with Crippen molar-refractivity contribution in [3.63, 3.8) is 0 Å².